The summed E-state index contributed by atoms with van der Waals surface area (Å²) in [6.07, 6.45) is -0.135. The van der Waals surface area contributed by atoms with Gasteiger partial charge in [0.2, 0.25) is 16.0 Å². The van der Waals surface area contributed by atoms with Crippen LogP contribution in [0.5, 0.6) is 0 Å². The van der Waals surface area contributed by atoms with Crippen molar-refractivity contribution in [1.82, 2.24) is 24.5 Å². The minimum absolute atomic E-state index is 0.00254. The number of nitrogens with one attached hydrogen (secondary N) is 1. The first-order valence-corrected chi connectivity index (χ1v) is 11.6. The average molecular weight is 467 g/mol. The minimum atomic E-state index is -3.40. The van der Waals surface area contributed by atoms with E-state index >= 15 is 0 Å². The molecule has 0 saturated heterocycles. The SMILES string of the molecule is CCN(CC(Nc1ncc(-c2nnc(C(F)F)o2)cn1)c1ccc(C)cc1)S(=O)(=O)CC. The topological polar surface area (TPSA) is 114 Å². The Hall–Kier alpha value is -2.99. The maximum atomic E-state index is 12.6. The molecule has 12 heteroatoms. The van der Waals surface area contributed by atoms with Crippen LogP contribution in [0.15, 0.2) is 41.1 Å². The molecule has 3 rings (SSSR count). The molecule has 172 valence electrons. The fraction of sp³-hybridized carbons (Fsp3) is 0.400. The molecular formula is C20H24F2N6O3S. The van der Waals surface area contributed by atoms with Crippen LogP contribution in [0.2, 0.25) is 0 Å². The normalized spacial score (nSPS) is 13.0. The molecule has 1 aromatic carbocycles. The number of sulfonamides is 1. The third-order valence-electron chi connectivity index (χ3n) is 4.81. The van der Waals surface area contributed by atoms with Gasteiger partial charge in [0, 0.05) is 25.5 Å². The van der Waals surface area contributed by atoms with Crippen molar-refractivity contribution in [2.24, 2.45) is 0 Å². The number of rotatable bonds is 10. The standard InChI is InChI=1S/C20H24F2N6O3S/c1-4-28(32(29,30)5-2)12-16(14-8-6-13(3)7-9-14)25-20-23-10-15(11-24-20)18-26-27-19(31-18)17(21)22/h6-11,16-17H,4-5,12H2,1-3H3,(H,23,24,25). The van der Waals surface area contributed by atoms with Crippen molar-refractivity contribution in [2.45, 2.75) is 33.2 Å². The summed E-state index contributed by atoms with van der Waals surface area (Å²) in [6.45, 7) is 5.85. The van der Waals surface area contributed by atoms with Gasteiger partial charge in [0.1, 0.15) is 0 Å². The van der Waals surface area contributed by atoms with E-state index in [4.69, 9.17) is 4.42 Å². The van der Waals surface area contributed by atoms with Crippen LogP contribution in [0.4, 0.5) is 14.7 Å². The smallest absolute Gasteiger partial charge is 0.314 e. The van der Waals surface area contributed by atoms with Gasteiger partial charge >= 0.3 is 6.43 Å². The Kier molecular flexibility index (Phi) is 7.46. The second-order valence-electron chi connectivity index (χ2n) is 7.00. The Morgan fingerprint density at radius 1 is 1.09 bits per heavy atom. The van der Waals surface area contributed by atoms with E-state index in [-0.39, 0.29) is 29.7 Å². The predicted molar refractivity (Wildman–Crippen MR) is 115 cm³/mol. The zero-order valence-corrected chi connectivity index (χ0v) is 18.7. The van der Waals surface area contributed by atoms with Crippen LogP contribution in [-0.4, -0.2) is 51.7 Å². The molecule has 3 aromatic rings. The molecule has 1 N–H and O–H groups in total. The quantitative estimate of drug-likeness (QED) is 0.482. The lowest BCUT2D eigenvalue weighted by Gasteiger charge is -2.27. The number of benzene rings is 1. The van der Waals surface area contributed by atoms with Gasteiger partial charge in [-0.05, 0) is 19.4 Å². The van der Waals surface area contributed by atoms with Gasteiger partial charge in [-0.3, -0.25) is 0 Å². The van der Waals surface area contributed by atoms with Gasteiger partial charge in [0.15, 0.2) is 0 Å². The molecular weight excluding hydrogens is 442 g/mol. The summed E-state index contributed by atoms with van der Waals surface area (Å²) in [5, 5.41) is 10.0. The molecule has 2 aromatic heterocycles. The van der Waals surface area contributed by atoms with Gasteiger partial charge in [-0.1, -0.05) is 36.8 Å². The highest BCUT2D eigenvalue weighted by molar-refractivity contribution is 7.89. The van der Waals surface area contributed by atoms with Crippen LogP contribution >= 0.6 is 0 Å². The Morgan fingerprint density at radius 2 is 1.75 bits per heavy atom. The molecule has 1 unspecified atom stereocenters. The van der Waals surface area contributed by atoms with Gasteiger partial charge in [0.05, 0.1) is 17.4 Å². The van der Waals surface area contributed by atoms with E-state index in [2.05, 4.69) is 25.5 Å². The van der Waals surface area contributed by atoms with Gasteiger partial charge in [-0.15, -0.1) is 10.2 Å². The van der Waals surface area contributed by atoms with Crippen LogP contribution in [0, 0.1) is 6.92 Å². The molecule has 0 radical (unpaired) electrons. The van der Waals surface area contributed by atoms with E-state index in [0.717, 1.165) is 11.1 Å². The summed E-state index contributed by atoms with van der Waals surface area (Å²) >= 11 is 0. The monoisotopic (exact) mass is 466 g/mol. The first-order chi connectivity index (χ1) is 15.2. The highest BCUT2D eigenvalue weighted by atomic mass is 32.2. The number of aryl methyl sites for hydroxylation is 1. The Morgan fingerprint density at radius 3 is 2.28 bits per heavy atom. The third kappa shape index (κ3) is 5.62. The first kappa shape index (κ1) is 23.7. The zero-order chi connectivity index (χ0) is 23.3. The van der Waals surface area contributed by atoms with Crippen LogP contribution < -0.4 is 5.32 Å². The number of halogens is 2. The lowest BCUT2D eigenvalue weighted by Crippen LogP contribution is -2.37. The lowest BCUT2D eigenvalue weighted by molar-refractivity contribution is 0.116. The summed E-state index contributed by atoms with van der Waals surface area (Å²) in [4.78, 5) is 8.40. The second kappa shape index (κ2) is 10.1. The largest absolute Gasteiger partial charge is 0.415 e. The van der Waals surface area contributed by atoms with Gasteiger partial charge in [-0.2, -0.15) is 13.1 Å². The number of nitrogens with zero attached hydrogens (tertiary/aromatic N) is 5. The van der Waals surface area contributed by atoms with E-state index < -0.39 is 28.4 Å². The van der Waals surface area contributed by atoms with Gasteiger partial charge in [-0.25, -0.2) is 18.4 Å². The number of hydrogen-bond acceptors (Lipinski definition) is 8. The summed E-state index contributed by atoms with van der Waals surface area (Å²) in [5.74, 6) is -0.665. The Balaban J connectivity index is 1.84. The number of anilines is 1. The summed E-state index contributed by atoms with van der Waals surface area (Å²) in [5.41, 5.74) is 2.22. The molecule has 0 saturated carbocycles. The number of likely N-dealkylation sites (N-methyl/N-ethyl adjacent to an activating group) is 1. The second-order valence-corrected chi connectivity index (χ2v) is 9.26. The van der Waals surface area contributed by atoms with Crippen molar-refractivity contribution >= 4 is 16.0 Å². The maximum absolute atomic E-state index is 12.6. The van der Waals surface area contributed by atoms with Crippen molar-refractivity contribution in [1.29, 1.82) is 0 Å². The number of hydrogen-bond donors (Lipinski definition) is 1. The van der Waals surface area contributed by atoms with E-state index in [1.807, 2.05) is 31.2 Å². The van der Waals surface area contributed by atoms with Crippen LogP contribution in [0.25, 0.3) is 11.5 Å². The van der Waals surface area contributed by atoms with Crippen molar-refractivity contribution in [2.75, 3.05) is 24.2 Å². The molecule has 32 heavy (non-hydrogen) atoms. The molecule has 1 atom stereocenters. The van der Waals surface area contributed by atoms with E-state index in [1.165, 1.54) is 16.7 Å². The van der Waals surface area contributed by atoms with Crippen molar-refractivity contribution in [3.05, 3.63) is 53.7 Å². The van der Waals surface area contributed by atoms with Crippen molar-refractivity contribution in [3.63, 3.8) is 0 Å². The third-order valence-corrected chi connectivity index (χ3v) is 6.73. The molecule has 0 aliphatic heterocycles. The minimum Gasteiger partial charge on any atom is -0.415 e. The van der Waals surface area contributed by atoms with Crippen LogP contribution in [0.1, 0.15) is 43.3 Å². The molecule has 2 heterocycles. The molecule has 0 amide bonds. The number of alkyl halides is 2. The van der Waals surface area contributed by atoms with Crippen molar-refractivity contribution < 1.29 is 21.6 Å². The molecule has 9 nitrogen and oxygen atoms in total. The van der Waals surface area contributed by atoms with Gasteiger partial charge in [0.25, 0.3) is 11.8 Å². The summed E-state index contributed by atoms with van der Waals surface area (Å²) in [6, 6.07) is 7.29. The van der Waals surface area contributed by atoms with Gasteiger partial charge < -0.3 is 9.73 Å². The predicted octanol–water partition coefficient (Wildman–Crippen LogP) is 3.60. The highest BCUT2D eigenvalue weighted by Crippen LogP contribution is 2.24. The molecule has 0 aliphatic carbocycles. The zero-order valence-electron chi connectivity index (χ0n) is 17.9. The molecule has 0 aliphatic rings. The summed E-state index contributed by atoms with van der Waals surface area (Å²) in [7, 11) is -3.40. The average Bonchev–Trinajstić information content (AvgIpc) is 3.28. The van der Waals surface area contributed by atoms with Crippen LogP contribution in [-0.2, 0) is 10.0 Å². The first-order valence-electron chi connectivity index (χ1n) is 9.98. The Bertz CT molecular complexity index is 1120. The van der Waals surface area contributed by atoms with E-state index in [1.54, 1.807) is 13.8 Å². The molecule has 0 spiro atoms. The Labute approximate surface area is 185 Å². The molecule has 0 fully saturated rings. The van der Waals surface area contributed by atoms with Crippen LogP contribution in [0.3, 0.4) is 0 Å². The van der Waals surface area contributed by atoms with Crippen molar-refractivity contribution in [3.8, 4) is 11.5 Å². The molecule has 0 bridgehead atoms. The highest BCUT2D eigenvalue weighted by Gasteiger charge is 2.24. The fourth-order valence-electron chi connectivity index (χ4n) is 2.97. The maximum Gasteiger partial charge on any atom is 0.314 e. The fourth-order valence-corrected chi connectivity index (χ4v) is 4.10. The van der Waals surface area contributed by atoms with E-state index in [9.17, 15) is 17.2 Å². The number of aromatic nitrogens is 4. The summed E-state index contributed by atoms with van der Waals surface area (Å²) < 4.78 is 56.5. The van der Waals surface area contributed by atoms with E-state index in [0.29, 0.717) is 6.54 Å². The lowest BCUT2D eigenvalue weighted by atomic mass is 10.1.